The minimum atomic E-state index is -0.786. The Hall–Kier alpha value is -1.40. The zero-order chi connectivity index (χ0) is 29.0. The van der Waals surface area contributed by atoms with Crippen LogP contribution in [0.5, 0.6) is 0 Å². The molecule has 1 spiro atoms. The van der Waals surface area contributed by atoms with Crippen molar-refractivity contribution in [2.24, 2.45) is 17.8 Å². The van der Waals surface area contributed by atoms with E-state index in [1.807, 2.05) is 13.8 Å². The third-order valence-electron chi connectivity index (χ3n) is 8.60. The van der Waals surface area contributed by atoms with E-state index in [9.17, 15) is 19.5 Å². The number of morpholine rings is 1. The van der Waals surface area contributed by atoms with Crippen LogP contribution in [0.4, 0.5) is 0 Å². The molecule has 0 aromatic heterocycles. The summed E-state index contributed by atoms with van der Waals surface area (Å²) in [5.41, 5.74) is 0. The molecule has 224 valence electrons. The first kappa shape index (κ1) is 31.5. The Balaban J connectivity index is 1.69. The van der Waals surface area contributed by atoms with Gasteiger partial charge in [0.15, 0.2) is 0 Å². The molecule has 4 heterocycles. The van der Waals surface area contributed by atoms with E-state index < -0.39 is 34.6 Å². The van der Waals surface area contributed by atoms with E-state index in [1.54, 1.807) is 33.7 Å². The monoisotopic (exact) mass is 641 g/mol. The van der Waals surface area contributed by atoms with E-state index >= 15 is 0 Å². The highest BCUT2D eigenvalue weighted by atomic mass is 79.9. The Bertz CT molecular complexity index is 962. The molecular formula is C29H44BrN3O6S. The SMILES string of the molecule is C=CCCOC(=O)[C@H]1[C@@H]2SC3(CC2Br)C(C(=O)N(CC=C)CCN2CCOCC2)N([C@@H](CO)CC(C)C)C(=O)[C@H]13. The van der Waals surface area contributed by atoms with Crippen molar-refractivity contribution in [1.29, 1.82) is 0 Å². The third-order valence-corrected chi connectivity index (χ3v) is 11.8. The molecule has 0 aromatic carbocycles. The van der Waals surface area contributed by atoms with Gasteiger partial charge in [-0.15, -0.1) is 24.9 Å². The average molecular weight is 643 g/mol. The number of hydrogen-bond donors (Lipinski definition) is 1. The Morgan fingerprint density at radius 1 is 1.30 bits per heavy atom. The van der Waals surface area contributed by atoms with Crippen molar-refractivity contribution in [3.8, 4) is 0 Å². The second-order valence-electron chi connectivity index (χ2n) is 11.6. The molecule has 0 aliphatic carbocycles. The predicted octanol–water partition coefficient (Wildman–Crippen LogP) is 2.32. The van der Waals surface area contributed by atoms with Crippen LogP contribution in [0.3, 0.4) is 0 Å². The van der Waals surface area contributed by atoms with Crippen molar-refractivity contribution in [1.82, 2.24) is 14.7 Å². The van der Waals surface area contributed by atoms with Crippen molar-refractivity contribution in [3.63, 3.8) is 0 Å². The van der Waals surface area contributed by atoms with Crippen LogP contribution in [-0.4, -0.2) is 124 Å². The lowest BCUT2D eigenvalue weighted by Crippen LogP contribution is -2.58. The van der Waals surface area contributed by atoms with E-state index in [4.69, 9.17) is 9.47 Å². The molecule has 3 unspecified atom stereocenters. The molecule has 9 nitrogen and oxygen atoms in total. The van der Waals surface area contributed by atoms with Crippen LogP contribution in [-0.2, 0) is 23.9 Å². The Morgan fingerprint density at radius 2 is 2.02 bits per heavy atom. The molecule has 7 atom stereocenters. The molecule has 4 rings (SSSR count). The van der Waals surface area contributed by atoms with Crippen LogP contribution in [0.25, 0.3) is 0 Å². The fourth-order valence-electron chi connectivity index (χ4n) is 6.88. The summed E-state index contributed by atoms with van der Waals surface area (Å²) in [7, 11) is 0. The lowest BCUT2D eigenvalue weighted by Gasteiger charge is -2.40. The largest absolute Gasteiger partial charge is 0.465 e. The summed E-state index contributed by atoms with van der Waals surface area (Å²) in [6.07, 6.45) is 5.10. The minimum Gasteiger partial charge on any atom is -0.465 e. The molecule has 4 saturated heterocycles. The van der Waals surface area contributed by atoms with E-state index in [2.05, 4.69) is 34.0 Å². The molecule has 4 aliphatic heterocycles. The van der Waals surface area contributed by atoms with Crippen LogP contribution in [0.1, 0.15) is 33.1 Å². The maximum atomic E-state index is 14.6. The number of fused-ring (bicyclic) bond motifs is 1. The van der Waals surface area contributed by atoms with Crippen LogP contribution in [0.15, 0.2) is 25.3 Å². The van der Waals surface area contributed by atoms with Crippen molar-refractivity contribution >= 4 is 45.5 Å². The highest BCUT2D eigenvalue weighted by molar-refractivity contribution is 9.09. The molecule has 2 amide bonds. The number of ether oxygens (including phenoxy) is 2. The van der Waals surface area contributed by atoms with Crippen LogP contribution in [0, 0.1) is 17.8 Å². The van der Waals surface area contributed by atoms with Gasteiger partial charge < -0.3 is 24.4 Å². The van der Waals surface area contributed by atoms with Crippen molar-refractivity contribution in [2.45, 2.75) is 60.0 Å². The number of carbonyl (C=O) groups excluding carboxylic acids is 3. The summed E-state index contributed by atoms with van der Waals surface area (Å²) in [5, 5.41) is 10.3. The van der Waals surface area contributed by atoms with Gasteiger partial charge in [-0.25, -0.2) is 0 Å². The molecule has 2 bridgehead atoms. The number of thioether (sulfide) groups is 1. The smallest absolute Gasteiger partial charge is 0.310 e. The number of alkyl halides is 1. The first-order valence-corrected chi connectivity index (χ1v) is 16.2. The lowest BCUT2D eigenvalue weighted by atomic mass is 9.71. The number of rotatable bonds is 14. The number of hydrogen-bond acceptors (Lipinski definition) is 8. The van der Waals surface area contributed by atoms with E-state index in [0.717, 1.165) is 13.1 Å². The topological polar surface area (TPSA) is 99.6 Å². The summed E-state index contributed by atoms with van der Waals surface area (Å²) in [6, 6.07) is -1.30. The third kappa shape index (κ3) is 6.04. The van der Waals surface area contributed by atoms with Gasteiger partial charge in [0.2, 0.25) is 11.8 Å². The number of amides is 2. The number of aliphatic hydroxyl groups excluding tert-OH is 1. The molecule has 4 aliphatic rings. The summed E-state index contributed by atoms with van der Waals surface area (Å²) in [4.78, 5) is 48.1. The Kier molecular flexibility index (Phi) is 10.8. The summed E-state index contributed by atoms with van der Waals surface area (Å²) >= 11 is 5.39. The number of likely N-dealkylation sites (tertiary alicyclic amines) is 1. The van der Waals surface area contributed by atoms with Gasteiger partial charge in [-0.05, 0) is 25.2 Å². The second-order valence-corrected chi connectivity index (χ2v) is 14.4. The number of nitrogens with zero attached hydrogens (tertiary/aromatic N) is 3. The van der Waals surface area contributed by atoms with Gasteiger partial charge in [0.25, 0.3) is 0 Å². The van der Waals surface area contributed by atoms with Gasteiger partial charge >= 0.3 is 5.97 Å². The van der Waals surface area contributed by atoms with E-state index in [-0.39, 0.29) is 41.0 Å². The molecule has 0 saturated carbocycles. The molecule has 40 heavy (non-hydrogen) atoms. The quantitative estimate of drug-likeness (QED) is 0.134. The van der Waals surface area contributed by atoms with E-state index in [0.29, 0.717) is 52.1 Å². The van der Waals surface area contributed by atoms with Gasteiger partial charge in [0.1, 0.15) is 6.04 Å². The maximum absolute atomic E-state index is 14.6. The normalized spacial score (nSPS) is 32.3. The highest BCUT2D eigenvalue weighted by Gasteiger charge is 2.76. The van der Waals surface area contributed by atoms with Crippen molar-refractivity contribution in [2.75, 3.05) is 59.2 Å². The maximum Gasteiger partial charge on any atom is 0.310 e. The van der Waals surface area contributed by atoms with Crippen LogP contribution in [0.2, 0.25) is 0 Å². The van der Waals surface area contributed by atoms with Gasteiger partial charge in [-0.3, -0.25) is 19.3 Å². The van der Waals surface area contributed by atoms with Gasteiger partial charge in [-0.1, -0.05) is 41.9 Å². The molecule has 4 fully saturated rings. The van der Waals surface area contributed by atoms with Gasteiger partial charge in [0.05, 0.1) is 49.1 Å². The lowest BCUT2D eigenvalue weighted by molar-refractivity contribution is -0.154. The predicted molar refractivity (Wildman–Crippen MR) is 159 cm³/mol. The molecular weight excluding hydrogens is 598 g/mol. The summed E-state index contributed by atoms with van der Waals surface area (Å²) in [5.74, 6) is -1.87. The van der Waals surface area contributed by atoms with Gasteiger partial charge in [-0.2, -0.15) is 0 Å². The van der Waals surface area contributed by atoms with Crippen molar-refractivity contribution in [3.05, 3.63) is 25.3 Å². The fourth-order valence-corrected chi connectivity index (χ4v) is 10.5. The van der Waals surface area contributed by atoms with Crippen molar-refractivity contribution < 1.29 is 29.0 Å². The molecule has 1 N–H and O–H groups in total. The van der Waals surface area contributed by atoms with Crippen LogP contribution < -0.4 is 0 Å². The highest BCUT2D eigenvalue weighted by Crippen LogP contribution is 2.68. The van der Waals surface area contributed by atoms with Gasteiger partial charge in [0, 0.05) is 42.8 Å². The first-order valence-electron chi connectivity index (χ1n) is 14.4. The van der Waals surface area contributed by atoms with Crippen LogP contribution >= 0.6 is 27.7 Å². The average Bonchev–Trinajstić information content (AvgIpc) is 3.53. The van der Waals surface area contributed by atoms with E-state index in [1.165, 1.54) is 0 Å². The fraction of sp³-hybridized carbons (Fsp3) is 0.759. The molecule has 0 radical (unpaired) electrons. The Labute approximate surface area is 250 Å². The number of aliphatic hydroxyl groups is 1. The first-order chi connectivity index (χ1) is 19.2. The number of carbonyl (C=O) groups is 3. The summed E-state index contributed by atoms with van der Waals surface area (Å²) in [6.45, 7) is 16.2. The standard InChI is InChI=1S/C29H44BrN3O6S/c1-5-7-13-39-28(37)22-23-26(35)33(20(18-34)16-19(3)4)25(29(23)17-21(30)24(22)40-29)27(36)32(8-6-2)10-9-31-11-14-38-15-12-31/h5-6,19-25,34H,1-2,7-18H2,3-4H3/t20-,21?,22-,23+,24-,25?,29?/m1/s1. The molecule has 11 heteroatoms. The minimum absolute atomic E-state index is 0.0346. The second kappa shape index (κ2) is 13.7. The summed E-state index contributed by atoms with van der Waals surface area (Å²) < 4.78 is 10.3. The number of halogens is 1. The Morgan fingerprint density at radius 3 is 2.65 bits per heavy atom. The number of esters is 1. The zero-order valence-electron chi connectivity index (χ0n) is 23.7. The molecule has 0 aromatic rings. The zero-order valence-corrected chi connectivity index (χ0v) is 26.1.